The van der Waals surface area contributed by atoms with Crippen molar-refractivity contribution in [1.82, 2.24) is 9.55 Å². The van der Waals surface area contributed by atoms with Crippen LogP contribution in [0.15, 0.2) is 60.9 Å². The molecule has 0 aliphatic heterocycles. The van der Waals surface area contributed by atoms with Crippen molar-refractivity contribution in [3.63, 3.8) is 0 Å². The van der Waals surface area contributed by atoms with Gasteiger partial charge in [-0.2, -0.15) is 0 Å². The molecule has 0 aliphatic carbocycles. The summed E-state index contributed by atoms with van der Waals surface area (Å²) in [4.78, 5) is 4.44. The van der Waals surface area contributed by atoms with Gasteiger partial charge in [0.25, 0.3) is 0 Å². The van der Waals surface area contributed by atoms with Gasteiger partial charge in [-0.25, -0.2) is 4.98 Å². The van der Waals surface area contributed by atoms with E-state index < -0.39 is 0 Å². The van der Waals surface area contributed by atoms with E-state index in [1.54, 1.807) is 13.4 Å². The zero-order valence-corrected chi connectivity index (χ0v) is 11.9. The molecule has 0 radical (unpaired) electrons. The van der Waals surface area contributed by atoms with Gasteiger partial charge >= 0.3 is 0 Å². The SMILES string of the molecule is COc1cccc(-c2ncn(Cc3ccccc3)c2N)c1. The highest BCUT2D eigenvalue weighted by molar-refractivity contribution is 5.71. The first-order chi connectivity index (χ1) is 10.3. The number of aromatic nitrogens is 2. The molecule has 1 heterocycles. The van der Waals surface area contributed by atoms with E-state index >= 15 is 0 Å². The number of nitrogens with two attached hydrogens (primary N) is 1. The van der Waals surface area contributed by atoms with Gasteiger partial charge < -0.3 is 15.0 Å². The monoisotopic (exact) mass is 279 g/mol. The van der Waals surface area contributed by atoms with Gasteiger partial charge in [0, 0.05) is 5.56 Å². The summed E-state index contributed by atoms with van der Waals surface area (Å²) in [6.45, 7) is 0.712. The van der Waals surface area contributed by atoms with Crippen molar-refractivity contribution in [1.29, 1.82) is 0 Å². The lowest BCUT2D eigenvalue weighted by Crippen LogP contribution is -2.03. The summed E-state index contributed by atoms with van der Waals surface area (Å²) >= 11 is 0. The maximum atomic E-state index is 6.23. The van der Waals surface area contributed by atoms with E-state index in [2.05, 4.69) is 17.1 Å². The third-order valence-electron chi connectivity index (χ3n) is 3.42. The number of ether oxygens (including phenoxy) is 1. The van der Waals surface area contributed by atoms with Crippen LogP contribution in [0.2, 0.25) is 0 Å². The lowest BCUT2D eigenvalue weighted by Gasteiger charge is -2.07. The standard InChI is InChI=1S/C17H17N3O/c1-21-15-9-5-8-14(10-15)16-17(18)20(12-19-16)11-13-6-3-2-4-7-13/h2-10,12H,11,18H2,1H3. The molecule has 0 saturated carbocycles. The molecule has 4 heteroatoms. The number of rotatable bonds is 4. The van der Waals surface area contributed by atoms with E-state index in [1.807, 2.05) is 47.0 Å². The summed E-state index contributed by atoms with van der Waals surface area (Å²) < 4.78 is 7.19. The van der Waals surface area contributed by atoms with Gasteiger partial charge in [-0.15, -0.1) is 0 Å². The summed E-state index contributed by atoms with van der Waals surface area (Å²) in [7, 11) is 1.65. The topological polar surface area (TPSA) is 53.1 Å². The van der Waals surface area contributed by atoms with E-state index in [0.717, 1.165) is 17.0 Å². The second-order valence-corrected chi connectivity index (χ2v) is 4.82. The Bertz CT molecular complexity index is 735. The van der Waals surface area contributed by atoms with Crippen LogP contribution >= 0.6 is 0 Å². The average Bonchev–Trinajstić information content (AvgIpc) is 2.89. The van der Waals surface area contributed by atoms with E-state index in [-0.39, 0.29) is 0 Å². The number of nitrogens with zero attached hydrogens (tertiary/aromatic N) is 2. The highest BCUT2D eigenvalue weighted by Crippen LogP contribution is 2.27. The lowest BCUT2D eigenvalue weighted by molar-refractivity contribution is 0.415. The highest BCUT2D eigenvalue weighted by Gasteiger charge is 2.10. The fraction of sp³-hybridized carbons (Fsp3) is 0.118. The van der Waals surface area contributed by atoms with Crippen molar-refractivity contribution in [2.24, 2.45) is 0 Å². The summed E-state index contributed by atoms with van der Waals surface area (Å²) in [6, 6.07) is 17.9. The van der Waals surface area contributed by atoms with Crippen LogP contribution in [0.1, 0.15) is 5.56 Å². The second kappa shape index (κ2) is 5.71. The molecule has 2 N–H and O–H groups in total. The molecule has 4 nitrogen and oxygen atoms in total. The Hall–Kier alpha value is -2.75. The van der Waals surface area contributed by atoms with Crippen LogP contribution in [0.5, 0.6) is 5.75 Å². The van der Waals surface area contributed by atoms with E-state index in [4.69, 9.17) is 10.5 Å². The number of anilines is 1. The number of methoxy groups -OCH3 is 1. The summed E-state index contributed by atoms with van der Waals surface area (Å²) in [5, 5.41) is 0. The highest BCUT2D eigenvalue weighted by atomic mass is 16.5. The molecule has 0 saturated heterocycles. The average molecular weight is 279 g/mol. The van der Waals surface area contributed by atoms with E-state index in [9.17, 15) is 0 Å². The molecule has 0 fully saturated rings. The fourth-order valence-corrected chi connectivity index (χ4v) is 2.29. The molecule has 0 bridgehead atoms. The molecule has 0 amide bonds. The van der Waals surface area contributed by atoms with Crippen molar-refractivity contribution >= 4 is 5.82 Å². The molecule has 106 valence electrons. The van der Waals surface area contributed by atoms with Crippen LogP contribution in [-0.2, 0) is 6.54 Å². The Labute approximate surface area is 123 Å². The van der Waals surface area contributed by atoms with Gasteiger partial charge in [-0.3, -0.25) is 0 Å². The number of nitrogen functional groups attached to an aromatic ring is 1. The molecular weight excluding hydrogens is 262 g/mol. The number of hydrogen-bond donors (Lipinski definition) is 1. The summed E-state index contributed by atoms with van der Waals surface area (Å²) in [5.41, 5.74) is 9.17. The lowest BCUT2D eigenvalue weighted by atomic mass is 10.1. The molecule has 3 aromatic rings. The van der Waals surface area contributed by atoms with Crippen molar-refractivity contribution in [2.45, 2.75) is 6.54 Å². The fourth-order valence-electron chi connectivity index (χ4n) is 2.29. The Morgan fingerprint density at radius 3 is 2.67 bits per heavy atom. The molecule has 0 unspecified atom stereocenters. The first kappa shape index (κ1) is 13.2. The predicted molar refractivity (Wildman–Crippen MR) is 84.2 cm³/mol. The third kappa shape index (κ3) is 2.74. The maximum Gasteiger partial charge on any atom is 0.131 e. The van der Waals surface area contributed by atoms with Gasteiger partial charge in [-0.05, 0) is 17.7 Å². The molecule has 3 rings (SSSR count). The number of hydrogen-bond acceptors (Lipinski definition) is 3. The van der Waals surface area contributed by atoms with Crippen LogP contribution in [0.4, 0.5) is 5.82 Å². The Balaban J connectivity index is 1.92. The van der Waals surface area contributed by atoms with Gasteiger partial charge in [0.05, 0.1) is 20.0 Å². The molecule has 2 aromatic carbocycles. The second-order valence-electron chi connectivity index (χ2n) is 4.82. The molecule has 0 spiro atoms. The minimum atomic E-state index is 0.659. The quantitative estimate of drug-likeness (QED) is 0.798. The Kier molecular flexibility index (Phi) is 3.60. The molecular formula is C17H17N3O. The maximum absolute atomic E-state index is 6.23. The molecule has 21 heavy (non-hydrogen) atoms. The predicted octanol–water partition coefficient (Wildman–Crippen LogP) is 3.19. The molecule has 0 aliphatic rings. The van der Waals surface area contributed by atoms with Crippen LogP contribution < -0.4 is 10.5 Å². The van der Waals surface area contributed by atoms with Crippen molar-refractivity contribution in [2.75, 3.05) is 12.8 Å². The van der Waals surface area contributed by atoms with E-state index in [1.165, 1.54) is 5.56 Å². The number of benzene rings is 2. The van der Waals surface area contributed by atoms with Crippen LogP contribution in [0, 0.1) is 0 Å². The normalized spacial score (nSPS) is 10.5. The smallest absolute Gasteiger partial charge is 0.131 e. The number of imidazole rings is 1. The zero-order chi connectivity index (χ0) is 14.7. The minimum absolute atomic E-state index is 0.659. The van der Waals surface area contributed by atoms with Crippen LogP contribution in [0.3, 0.4) is 0 Å². The largest absolute Gasteiger partial charge is 0.497 e. The van der Waals surface area contributed by atoms with Gasteiger partial charge in [0.2, 0.25) is 0 Å². The van der Waals surface area contributed by atoms with E-state index in [0.29, 0.717) is 12.4 Å². The first-order valence-electron chi connectivity index (χ1n) is 6.77. The summed E-state index contributed by atoms with van der Waals surface area (Å²) in [6.07, 6.45) is 1.77. The van der Waals surface area contributed by atoms with Gasteiger partial charge in [0.1, 0.15) is 17.3 Å². The van der Waals surface area contributed by atoms with Crippen LogP contribution in [0.25, 0.3) is 11.3 Å². The molecule has 1 aromatic heterocycles. The third-order valence-corrected chi connectivity index (χ3v) is 3.42. The zero-order valence-electron chi connectivity index (χ0n) is 11.9. The minimum Gasteiger partial charge on any atom is -0.497 e. The first-order valence-corrected chi connectivity index (χ1v) is 6.77. The van der Waals surface area contributed by atoms with Crippen molar-refractivity contribution < 1.29 is 4.74 Å². The molecule has 0 atom stereocenters. The van der Waals surface area contributed by atoms with Gasteiger partial charge in [0.15, 0.2) is 0 Å². The van der Waals surface area contributed by atoms with Crippen molar-refractivity contribution in [3.05, 3.63) is 66.5 Å². The van der Waals surface area contributed by atoms with Gasteiger partial charge in [-0.1, -0.05) is 42.5 Å². The van der Waals surface area contributed by atoms with Crippen molar-refractivity contribution in [3.8, 4) is 17.0 Å². The Morgan fingerprint density at radius 2 is 1.90 bits per heavy atom. The van der Waals surface area contributed by atoms with Crippen LogP contribution in [-0.4, -0.2) is 16.7 Å². The Morgan fingerprint density at radius 1 is 1.10 bits per heavy atom. The summed E-state index contributed by atoms with van der Waals surface area (Å²) in [5.74, 6) is 1.46.